The number of carbonyl (C=O) groups excluding carboxylic acids is 1. The predicted molar refractivity (Wildman–Crippen MR) is 58.0 cm³/mol. The first-order valence-electron chi connectivity index (χ1n) is 5.14. The zero-order chi connectivity index (χ0) is 14.1. The number of hydrogen-bond donors (Lipinski definition) is 5. The Morgan fingerprint density at radius 1 is 1.06 bits per heavy atom. The quantitative estimate of drug-likeness (QED) is 0.337. The van der Waals surface area contributed by atoms with Crippen LogP contribution in [0.5, 0.6) is 0 Å². The summed E-state index contributed by atoms with van der Waals surface area (Å²) in [6, 6.07) is -2.42. The summed E-state index contributed by atoms with van der Waals surface area (Å²) in [6.45, 7) is -0.897. The molecule has 9 nitrogen and oxygen atoms in total. The van der Waals surface area contributed by atoms with Crippen LogP contribution in [-0.2, 0) is 9.59 Å². The summed E-state index contributed by atoms with van der Waals surface area (Å²) >= 11 is 0. The molecule has 0 aliphatic carbocycles. The molecule has 0 spiro atoms. The lowest BCUT2D eigenvalue weighted by Crippen LogP contribution is -2.50. The minimum Gasteiger partial charge on any atom is -0.481 e. The summed E-state index contributed by atoms with van der Waals surface area (Å²) in [5, 5.41) is 36.6. The van der Waals surface area contributed by atoms with Crippen molar-refractivity contribution in [2.24, 2.45) is 0 Å². The third kappa shape index (κ3) is 6.01. The monoisotopic (exact) mass is 264 g/mol. The highest BCUT2D eigenvalue weighted by molar-refractivity contribution is 5.86. The molecule has 0 rings (SSSR count). The van der Waals surface area contributed by atoms with Crippen molar-refractivity contribution >= 4 is 18.0 Å². The topological polar surface area (TPSA) is 147 Å². The minimum atomic E-state index is -1.56. The second-order valence-electron chi connectivity index (χ2n) is 3.37. The van der Waals surface area contributed by atoms with Crippen LogP contribution in [0.4, 0.5) is 4.79 Å². The van der Waals surface area contributed by atoms with Gasteiger partial charge in [-0.1, -0.05) is 0 Å². The number of aliphatic hydroxyl groups excluding tert-OH is 2. The number of amides is 2. The molecule has 5 N–H and O–H groups in total. The van der Waals surface area contributed by atoms with E-state index in [1.807, 2.05) is 5.32 Å². The molecule has 0 radical (unpaired) electrons. The van der Waals surface area contributed by atoms with E-state index >= 15 is 0 Å². The molecule has 0 bridgehead atoms. The van der Waals surface area contributed by atoms with Gasteiger partial charge >= 0.3 is 18.0 Å². The summed E-state index contributed by atoms with van der Waals surface area (Å²) < 4.78 is 0. The zero-order valence-corrected chi connectivity index (χ0v) is 9.57. The molecule has 0 aromatic heterocycles. The Balaban J connectivity index is 4.54. The van der Waals surface area contributed by atoms with Gasteiger partial charge in [0, 0.05) is 13.1 Å². The van der Waals surface area contributed by atoms with Crippen molar-refractivity contribution in [3.63, 3.8) is 0 Å². The van der Waals surface area contributed by atoms with Gasteiger partial charge in [0.05, 0.1) is 19.6 Å². The Bertz CT molecular complexity index is 301. The number of carboxylic acid groups (broad SMARTS) is 2. The van der Waals surface area contributed by atoms with E-state index in [1.54, 1.807) is 0 Å². The van der Waals surface area contributed by atoms with Crippen molar-refractivity contribution in [2.45, 2.75) is 12.5 Å². The van der Waals surface area contributed by atoms with Gasteiger partial charge in [0.1, 0.15) is 6.04 Å². The highest BCUT2D eigenvalue weighted by Gasteiger charge is 2.25. The number of aliphatic carboxylic acids is 2. The third-order valence-electron chi connectivity index (χ3n) is 2.00. The molecular weight excluding hydrogens is 248 g/mol. The SMILES string of the molecule is O=C(O)CC(NC(=O)N(CCO)CCO)C(=O)O. The molecule has 1 unspecified atom stereocenters. The van der Waals surface area contributed by atoms with Gasteiger partial charge in [-0.2, -0.15) is 0 Å². The van der Waals surface area contributed by atoms with Gasteiger partial charge in [0.15, 0.2) is 0 Å². The lowest BCUT2D eigenvalue weighted by atomic mass is 10.2. The fourth-order valence-corrected chi connectivity index (χ4v) is 1.17. The summed E-state index contributed by atoms with van der Waals surface area (Å²) in [7, 11) is 0. The number of nitrogens with one attached hydrogen (secondary N) is 1. The Hall–Kier alpha value is -1.87. The van der Waals surface area contributed by atoms with E-state index < -0.39 is 30.4 Å². The van der Waals surface area contributed by atoms with Gasteiger partial charge in [-0.3, -0.25) is 4.79 Å². The molecule has 0 heterocycles. The maximum Gasteiger partial charge on any atom is 0.326 e. The Morgan fingerprint density at radius 3 is 1.89 bits per heavy atom. The van der Waals surface area contributed by atoms with E-state index in [9.17, 15) is 14.4 Å². The third-order valence-corrected chi connectivity index (χ3v) is 2.00. The Labute approximate surface area is 103 Å². The van der Waals surface area contributed by atoms with Crippen LogP contribution in [0.3, 0.4) is 0 Å². The number of hydrogen-bond acceptors (Lipinski definition) is 5. The first kappa shape index (κ1) is 16.1. The summed E-state index contributed by atoms with van der Waals surface area (Å²) in [6.07, 6.45) is -0.757. The lowest BCUT2D eigenvalue weighted by molar-refractivity contribution is -0.145. The maximum absolute atomic E-state index is 11.6. The second kappa shape index (κ2) is 8.25. The van der Waals surface area contributed by atoms with Crippen molar-refractivity contribution in [3.05, 3.63) is 0 Å². The number of urea groups is 1. The first-order chi connectivity index (χ1) is 8.42. The minimum absolute atomic E-state index is 0.0915. The number of rotatable bonds is 8. The van der Waals surface area contributed by atoms with Gasteiger partial charge in [-0.15, -0.1) is 0 Å². The van der Waals surface area contributed by atoms with E-state index in [0.717, 1.165) is 4.90 Å². The van der Waals surface area contributed by atoms with Gasteiger partial charge in [-0.25, -0.2) is 9.59 Å². The van der Waals surface area contributed by atoms with Crippen LogP contribution >= 0.6 is 0 Å². The zero-order valence-electron chi connectivity index (χ0n) is 9.57. The Morgan fingerprint density at radius 2 is 1.56 bits per heavy atom. The van der Waals surface area contributed by atoms with Crippen LogP contribution in [0.1, 0.15) is 6.42 Å². The molecule has 9 heteroatoms. The summed E-state index contributed by atoms with van der Waals surface area (Å²) in [5.41, 5.74) is 0. The van der Waals surface area contributed by atoms with Crippen LogP contribution in [0.15, 0.2) is 0 Å². The smallest absolute Gasteiger partial charge is 0.326 e. The van der Waals surface area contributed by atoms with Crippen molar-refractivity contribution < 1.29 is 34.8 Å². The average molecular weight is 264 g/mol. The van der Waals surface area contributed by atoms with E-state index in [0.29, 0.717) is 0 Å². The standard InChI is InChI=1S/C9H16N2O7/c12-3-1-11(2-4-13)9(18)10-6(8(16)17)5-7(14)15/h6,12-13H,1-5H2,(H,10,18)(H,14,15)(H,16,17). The molecule has 0 fully saturated rings. The fourth-order valence-electron chi connectivity index (χ4n) is 1.17. The molecular formula is C9H16N2O7. The fraction of sp³-hybridized carbons (Fsp3) is 0.667. The molecule has 0 aliphatic rings. The maximum atomic E-state index is 11.6. The summed E-state index contributed by atoms with van der Waals surface area (Å²) in [5.74, 6) is -2.84. The van der Waals surface area contributed by atoms with Crippen LogP contribution in [-0.4, -0.2) is 75.6 Å². The summed E-state index contributed by atoms with van der Waals surface area (Å²) in [4.78, 5) is 33.7. The van der Waals surface area contributed by atoms with Gasteiger partial charge in [-0.05, 0) is 0 Å². The predicted octanol–water partition coefficient (Wildman–Crippen LogP) is -2.09. The van der Waals surface area contributed by atoms with Crippen LogP contribution < -0.4 is 5.32 Å². The van der Waals surface area contributed by atoms with Crippen molar-refractivity contribution in [1.29, 1.82) is 0 Å². The van der Waals surface area contributed by atoms with E-state index in [-0.39, 0.29) is 26.3 Å². The Kier molecular flexibility index (Phi) is 7.40. The molecule has 0 aliphatic heterocycles. The number of aliphatic hydroxyl groups is 2. The van der Waals surface area contributed by atoms with Crippen LogP contribution in [0.2, 0.25) is 0 Å². The molecule has 104 valence electrons. The second-order valence-corrected chi connectivity index (χ2v) is 3.37. The molecule has 0 saturated heterocycles. The van der Waals surface area contributed by atoms with E-state index in [4.69, 9.17) is 20.4 Å². The largest absolute Gasteiger partial charge is 0.481 e. The first-order valence-corrected chi connectivity index (χ1v) is 5.14. The highest BCUT2D eigenvalue weighted by Crippen LogP contribution is 1.96. The van der Waals surface area contributed by atoms with Gasteiger partial charge < -0.3 is 30.6 Å². The highest BCUT2D eigenvalue weighted by atomic mass is 16.4. The van der Waals surface area contributed by atoms with Crippen LogP contribution in [0, 0.1) is 0 Å². The molecule has 18 heavy (non-hydrogen) atoms. The van der Waals surface area contributed by atoms with Gasteiger partial charge in [0.25, 0.3) is 0 Å². The normalized spacial score (nSPS) is 11.7. The van der Waals surface area contributed by atoms with E-state index in [2.05, 4.69) is 0 Å². The van der Waals surface area contributed by atoms with Gasteiger partial charge in [0.2, 0.25) is 0 Å². The van der Waals surface area contributed by atoms with Crippen LogP contribution in [0.25, 0.3) is 0 Å². The molecule has 1 atom stereocenters. The van der Waals surface area contributed by atoms with Crippen molar-refractivity contribution in [3.8, 4) is 0 Å². The number of nitrogens with zero attached hydrogens (tertiary/aromatic N) is 1. The van der Waals surface area contributed by atoms with Crippen molar-refractivity contribution in [2.75, 3.05) is 26.3 Å². The number of carbonyl (C=O) groups is 3. The molecule has 0 saturated carbocycles. The molecule has 0 aromatic carbocycles. The lowest BCUT2D eigenvalue weighted by Gasteiger charge is -2.23. The average Bonchev–Trinajstić information content (AvgIpc) is 2.27. The van der Waals surface area contributed by atoms with Crippen molar-refractivity contribution in [1.82, 2.24) is 10.2 Å². The van der Waals surface area contributed by atoms with E-state index in [1.165, 1.54) is 0 Å². The molecule has 2 amide bonds. The number of carboxylic acids is 2. The molecule has 0 aromatic rings.